The molecule has 0 saturated carbocycles. The first-order chi connectivity index (χ1) is 7.13. The Labute approximate surface area is 86.6 Å². The Morgan fingerprint density at radius 3 is 3.00 bits per heavy atom. The Bertz CT molecular complexity index is 357. The fourth-order valence-corrected chi connectivity index (χ4v) is 0.814. The van der Waals surface area contributed by atoms with Crippen molar-refractivity contribution in [1.82, 2.24) is 10.1 Å². The summed E-state index contributed by atoms with van der Waals surface area (Å²) in [5.41, 5.74) is 0. The summed E-state index contributed by atoms with van der Waals surface area (Å²) in [5.74, 6) is -0.147. The molecule has 0 aliphatic heterocycles. The van der Waals surface area contributed by atoms with Gasteiger partial charge < -0.3 is 14.4 Å². The van der Waals surface area contributed by atoms with Gasteiger partial charge >= 0.3 is 5.97 Å². The van der Waals surface area contributed by atoms with E-state index >= 15 is 0 Å². The van der Waals surface area contributed by atoms with Crippen LogP contribution in [0.1, 0.15) is 31.7 Å². The number of aromatic nitrogens is 2. The molecule has 0 aliphatic carbocycles. The Hall–Kier alpha value is -1.69. The average Bonchev–Trinajstić information content (AvgIpc) is 2.63. The van der Waals surface area contributed by atoms with Crippen molar-refractivity contribution in [2.75, 3.05) is 6.61 Å². The van der Waals surface area contributed by atoms with Gasteiger partial charge in [-0.05, 0) is 13.8 Å². The highest BCUT2D eigenvalue weighted by atomic mass is 16.5. The molecule has 15 heavy (non-hydrogen) atoms. The first kappa shape index (κ1) is 11.4. The van der Waals surface area contributed by atoms with Crippen LogP contribution < -0.4 is 0 Å². The third kappa shape index (κ3) is 3.51. The molecule has 1 aromatic heterocycles. The molecule has 1 N–H and O–H groups in total. The molecule has 0 fully saturated rings. The molecular weight excluding hydrogens is 200 g/mol. The van der Waals surface area contributed by atoms with Gasteiger partial charge in [0.1, 0.15) is 6.10 Å². The number of carbonyl (C=O) groups is 1. The number of hydrogen-bond donors (Lipinski definition) is 1. The number of aliphatic hydroxyl groups excluding tert-OH is 1. The third-order valence-electron chi connectivity index (χ3n) is 1.48. The molecule has 1 aromatic rings. The van der Waals surface area contributed by atoms with E-state index in [4.69, 9.17) is 9.63 Å². The van der Waals surface area contributed by atoms with Crippen LogP contribution in [0.25, 0.3) is 6.08 Å². The summed E-state index contributed by atoms with van der Waals surface area (Å²) < 4.78 is 9.39. The second-order valence-corrected chi connectivity index (χ2v) is 2.75. The first-order valence-electron chi connectivity index (χ1n) is 4.50. The van der Waals surface area contributed by atoms with E-state index in [0.29, 0.717) is 6.61 Å². The maximum atomic E-state index is 10.9. The zero-order valence-electron chi connectivity index (χ0n) is 8.51. The van der Waals surface area contributed by atoms with Gasteiger partial charge in [0.05, 0.1) is 6.61 Å². The number of aliphatic hydroxyl groups is 1. The van der Waals surface area contributed by atoms with Gasteiger partial charge in [-0.25, -0.2) is 4.79 Å². The van der Waals surface area contributed by atoms with Crippen molar-refractivity contribution < 1.29 is 19.2 Å². The van der Waals surface area contributed by atoms with E-state index in [2.05, 4.69) is 14.9 Å². The molecule has 6 nitrogen and oxygen atoms in total. The Balaban J connectivity index is 2.60. The van der Waals surface area contributed by atoms with Gasteiger partial charge in [-0.15, -0.1) is 0 Å². The van der Waals surface area contributed by atoms with Crippen LogP contribution in [-0.2, 0) is 9.53 Å². The number of hydrogen-bond acceptors (Lipinski definition) is 6. The monoisotopic (exact) mass is 212 g/mol. The van der Waals surface area contributed by atoms with Gasteiger partial charge in [-0.2, -0.15) is 4.98 Å². The molecule has 1 rings (SSSR count). The van der Waals surface area contributed by atoms with Crippen LogP contribution in [0.4, 0.5) is 0 Å². The molecular formula is C9H12N2O4. The van der Waals surface area contributed by atoms with Gasteiger partial charge in [-0.3, -0.25) is 0 Å². The molecule has 0 saturated heterocycles. The fraction of sp³-hybridized carbons (Fsp3) is 0.444. The molecule has 0 radical (unpaired) electrons. The highest BCUT2D eigenvalue weighted by Crippen LogP contribution is 2.07. The van der Waals surface area contributed by atoms with Crippen molar-refractivity contribution in [1.29, 1.82) is 0 Å². The van der Waals surface area contributed by atoms with Crippen molar-refractivity contribution in [2.45, 2.75) is 20.0 Å². The van der Waals surface area contributed by atoms with E-state index < -0.39 is 12.1 Å². The van der Waals surface area contributed by atoms with Crippen LogP contribution in [0.3, 0.4) is 0 Å². The minimum atomic E-state index is -0.793. The number of rotatable bonds is 4. The van der Waals surface area contributed by atoms with Crippen molar-refractivity contribution in [3.8, 4) is 0 Å². The predicted octanol–water partition coefficient (Wildman–Crippen LogP) is 0.699. The predicted molar refractivity (Wildman–Crippen MR) is 50.6 cm³/mol. The van der Waals surface area contributed by atoms with Gasteiger partial charge in [-0.1, -0.05) is 5.16 Å². The quantitative estimate of drug-likeness (QED) is 0.584. The summed E-state index contributed by atoms with van der Waals surface area (Å²) in [5, 5.41) is 12.6. The third-order valence-corrected chi connectivity index (χ3v) is 1.48. The van der Waals surface area contributed by atoms with Crippen LogP contribution in [0.5, 0.6) is 0 Å². The molecule has 0 unspecified atom stereocenters. The fourth-order valence-electron chi connectivity index (χ4n) is 0.814. The summed E-state index contributed by atoms with van der Waals surface area (Å²) >= 11 is 0. The van der Waals surface area contributed by atoms with E-state index in [-0.39, 0.29) is 11.7 Å². The lowest BCUT2D eigenvalue weighted by atomic mass is 10.4. The van der Waals surface area contributed by atoms with Crippen LogP contribution in [0.15, 0.2) is 10.6 Å². The summed E-state index contributed by atoms with van der Waals surface area (Å²) in [6, 6.07) is 0. The van der Waals surface area contributed by atoms with E-state index in [0.717, 1.165) is 0 Å². The highest BCUT2D eigenvalue weighted by molar-refractivity contribution is 5.86. The molecule has 0 aromatic carbocycles. The smallest absolute Gasteiger partial charge is 0.330 e. The Morgan fingerprint density at radius 1 is 1.73 bits per heavy atom. The average molecular weight is 212 g/mol. The van der Waals surface area contributed by atoms with E-state index in [1.165, 1.54) is 19.1 Å². The second-order valence-electron chi connectivity index (χ2n) is 2.75. The number of carbonyl (C=O) groups excluding carboxylic acids is 1. The lowest BCUT2D eigenvalue weighted by molar-refractivity contribution is -0.137. The minimum Gasteiger partial charge on any atom is -0.463 e. The van der Waals surface area contributed by atoms with Crippen molar-refractivity contribution >= 4 is 12.0 Å². The lowest BCUT2D eigenvalue weighted by Crippen LogP contribution is -1.98. The molecule has 6 heteroatoms. The largest absolute Gasteiger partial charge is 0.463 e. The second kappa shape index (κ2) is 5.26. The lowest BCUT2D eigenvalue weighted by Gasteiger charge is -1.92. The summed E-state index contributed by atoms with van der Waals surface area (Å²) in [4.78, 5) is 14.7. The van der Waals surface area contributed by atoms with Gasteiger partial charge in [0.25, 0.3) is 5.89 Å². The summed E-state index contributed by atoms with van der Waals surface area (Å²) in [6.45, 7) is 3.54. The maximum Gasteiger partial charge on any atom is 0.330 e. The zero-order valence-corrected chi connectivity index (χ0v) is 8.51. The first-order valence-corrected chi connectivity index (χ1v) is 4.50. The van der Waals surface area contributed by atoms with E-state index in [9.17, 15) is 4.79 Å². The Kier molecular flexibility index (Phi) is 3.99. The molecule has 1 atom stereocenters. The summed E-state index contributed by atoms with van der Waals surface area (Å²) in [6.07, 6.45) is 1.72. The van der Waals surface area contributed by atoms with E-state index in [1.807, 2.05) is 0 Å². The number of nitrogens with zero attached hydrogens (tertiary/aromatic N) is 2. The normalized spacial score (nSPS) is 13.0. The molecule has 0 amide bonds. The van der Waals surface area contributed by atoms with Gasteiger partial charge in [0.2, 0.25) is 0 Å². The zero-order chi connectivity index (χ0) is 11.3. The maximum absolute atomic E-state index is 10.9. The van der Waals surface area contributed by atoms with Crippen LogP contribution in [-0.4, -0.2) is 27.8 Å². The Morgan fingerprint density at radius 2 is 2.47 bits per heavy atom. The standard InChI is InChI=1S/C9H12N2O4/c1-3-14-8(13)5-4-7-10-9(6(2)12)11-15-7/h4-6,12H,3H2,1-2H3/b5-4+/t6-/m0/s1. The van der Waals surface area contributed by atoms with Crippen molar-refractivity contribution in [3.63, 3.8) is 0 Å². The SMILES string of the molecule is CCOC(=O)/C=C/c1nc([C@H](C)O)no1. The number of ether oxygens (including phenoxy) is 1. The highest BCUT2D eigenvalue weighted by Gasteiger charge is 2.08. The minimum absolute atomic E-state index is 0.152. The molecule has 1 heterocycles. The van der Waals surface area contributed by atoms with Gasteiger partial charge in [0.15, 0.2) is 5.82 Å². The topological polar surface area (TPSA) is 85.5 Å². The molecule has 0 bridgehead atoms. The van der Waals surface area contributed by atoms with Crippen LogP contribution >= 0.6 is 0 Å². The molecule has 0 spiro atoms. The molecule has 82 valence electrons. The number of esters is 1. The van der Waals surface area contributed by atoms with Crippen LogP contribution in [0.2, 0.25) is 0 Å². The van der Waals surface area contributed by atoms with Crippen LogP contribution in [0, 0.1) is 0 Å². The van der Waals surface area contributed by atoms with Crippen molar-refractivity contribution in [3.05, 3.63) is 17.8 Å². The van der Waals surface area contributed by atoms with E-state index in [1.54, 1.807) is 6.92 Å². The summed E-state index contributed by atoms with van der Waals surface area (Å²) in [7, 11) is 0. The van der Waals surface area contributed by atoms with Crippen molar-refractivity contribution in [2.24, 2.45) is 0 Å². The van der Waals surface area contributed by atoms with Gasteiger partial charge in [0, 0.05) is 12.2 Å². The molecule has 0 aliphatic rings.